The van der Waals surface area contributed by atoms with Crippen LogP contribution in [0, 0.1) is 29.2 Å². The Morgan fingerprint density at radius 1 is 1.23 bits per heavy atom. The quantitative estimate of drug-likeness (QED) is 0.393. The van der Waals surface area contributed by atoms with E-state index in [4.69, 9.17) is 14.6 Å². The van der Waals surface area contributed by atoms with Crippen molar-refractivity contribution in [1.82, 2.24) is 5.32 Å². The highest BCUT2D eigenvalue weighted by Crippen LogP contribution is 2.58. The first-order valence-electron chi connectivity index (χ1n) is 10.7. The zero-order valence-corrected chi connectivity index (χ0v) is 19.0. The molecule has 8 nitrogen and oxygen atoms in total. The van der Waals surface area contributed by atoms with Crippen LogP contribution in [0.3, 0.4) is 0 Å². The second-order valence-electron chi connectivity index (χ2n) is 9.69. The standard InChI is InChI=1S/C22H30N4O4S/c1-21(2,30-18-7-5-4-6-17(18)29-3)20(25-13-23)26-19-15-8-14-9-16(19)12-22(10-14,11-15)31(24,27)28/h4-7,14-16,19H,8-12H2,1-3H3,(H,25,26)(H2,24,27,28). The molecule has 3 N–H and O–H groups in total. The van der Waals surface area contributed by atoms with E-state index in [1.165, 1.54) is 0 Å². The summed E-state index contributed by atoms with van der Waals surface area (Å²) in [6.07, 6.45) is 5.63. The first kappa shape index (κ1) is 21.9. The SMILES string of the molecule is COc1ccccc1OC(C)(C)/C(=N\C#N)NC1C2CC3CC1CC(S(N)(=O)=O)(C3)C2. The number of sulfonamides is 1. The molecule has 0 amide bonds. The lowest BCUT2D eigenvalue weighted by molar-refractivity contribution is 0.00433. The zero-order valence-electron chi connectivity index (χ0n) is 18.2. The number of amidine groups is 1. The van der Waals surface area contributed by atoms with Crippen LogP contribution >= 0.6 is 0 Å². The fraction of sp³-hybridized carbons (Fsp3) is 0.636. The molecule has 4 fully saturated rings. The molecule has 2 unspecified atom stereocenters. The topological polar surface area (TPSA) is 127 Å². The number of nitrogens with one attached hydrogen (secondary N) is 1. The lowest BCUT2D eigenvalue weighted by atomic mass is 9.53. The number of nitrogens with zero attached hydrogens (tertiary/aromatic N) is 2. The van der Waals surface area contributed by atoms with E-state index in [0.29, 0.717) is 42.5 Å². The Morgan fingerprint density at radius 3 is 2.39 bits per heavy atom. The number of rotatable bonds is 6. The molecule has 0 aliphatic heterocycles. The van der Waals surface area contributed by atoms with Gasteiger partial charge >= 0.3 is 0 Å². The molecule has 31 heavy (non-hydrogen) atoms. The number of benzene rings is 1. The Balaban J connectivity index is 1.57. The number of hydrogen-bond donors (Lipinski definition) is 2. The van der Waals surface area contributed by atoms with E-state index in [-0.39, 0.29) is 17.9 Å². The molecule has 4 saturated carbocycles. The predicted molar refractivity (Wildman–Crippen MR) is 117 cm³/mol. The highest BCUT2D eigenvalue weighted by atomic mass is 32.2. The van der Waals surface area contributed by atoms with E-state index >= 15 is 0 Å². The number of primary sulfonamides is 1. The van der Waals surface area contributed by atoms with Crippen LogP contribution in [0.15, 0.2) is 29.3 Å². The Morgan fingerprint density at radius 2 is 1.84 bits per heavy atom. The summed E-state index contributed by atoms with van der Waals surface area (Å²) in [5, 5.41) is 18.5. The van der Waals surface area contributed by atoms with Crippen LogP contribution in [0.5, 0.6) is 11.5 Å². The maximum atomic E-state index is 12.4. The van der Waals surface area contributed by atoms with Crippen molar-refractivity contribution in [3.8, 4) is 17.7 Å². The average Bonchev–Trinajstić information content (AvgIpc) is 2.68. The van der Waals surface area contributed by atoms with Gasteiger partial charge in [-0.2, -0.15) is 10.3 Å². The fourth-order valence-electron chi connectivity index (χ4n) is 6.11. The van der Waals surface area contributed by atoms with E-state index in [2.05, 4.69) is 10.3 Å². The first-order chi connectivity index (χ1) is 14.6. The number of nitrogens with two attached hydrogens (primary N) is 1. The van der Waals surface area contributed by atoms with E-state index in [9.17, 15) is 13.7 Å². The molecule has 0 aromatic heterocycles. The van der Waals surface area contributed by atoms with Gasteiger partial charge in [0, 0.05) is 6.04 Å². The molecule has 4 aliphatic carbocycles. The third kappa shape index (κ3) is 3.87. The molecular weight excluding hydrogens is 416 g/mol. The number of aliphatic imine (C=N–C) groups is 1. The lowest BCUT2D eigenvalue weighted by Crippen LogP contribution is -2.66. The van der Waals surface area contributed by atoms with Gasteiger partial charge in [0.1, 0.15) is 0 Å². The molecule has 1 aromatic carbocycles. The molecule has 0 radical (unpaired) electrons. The zero-order chi connectivity index (χ0) is 22.4. The van der Waals surface area contributed by atoms with Gasteiger partial charge < -0.3 is 14.8 Å². The van der Waals surface area contributed by atoms with Gasteiger partial charge in [-0.05, 0) is 75.8 Å². The summed E-state index contributed by atoms with van der Waals surface area (Å²) in [6.45, 7) is 3.70. The molecule has 1 aromatic rings. The molecule has 0 saturated heterocycles. The second-order valence-corrected chi connectivity index (χ2v) is 11.6. The molecule has 0 heterocycles. The van der Waals surface area contributed by atoms with Crippen LogP contribution < -0.4 is 19.9 Å². The van der Waals surface area contributed by atoms with Crippen molar-refractivity contribution >= 4 is 15.9 Å². The summed E-state index contributed by atoms with van der Waals surface area (Å²) in [6, 6.07) is 7.37. The number of nitriles is 1. The molecule has 2 atom stereocenters. The maximum absolute atomic E-state index is 12.4. The van der Waals surface area contributed by atoms with Gasteiger partial charge in [-0.25, -0.2) is 13.6 Å². The molecule has 168 valence electrons. The summed E-state index contributed by atoms with van der Waals surface area (Å²) in [7, 11) is -2.03. The summed E-state index contributed by atoms with van der Waals surface area (Å²) in [5.41, 5.74) is -0.920. The Hall–Kier alpha value is -2.31. The summed E-state index contributed by atoms with van der Waals surface area (Å²) in [5.74, 6) is 2.33. The highest BCUT2D eigenvalue weighted by Gasteiger charge is 2.60. The summed E-state index contributed by atoms with van der Waals surface area (Å²) >= 11 is 0. The molecular formula is C22H30N4O4S. The van der Waals surface area contributed by atoms with Crippen molar-refractivity contribution in [3.63, 3.8) is 0 Å². The number of ether oxygens (including phenoxy) is 2. The average molecular weight is 447 g/mol. The summed E-state index contributed by atoms with van der Waals surface area (Å²) in [4.78, 5) is 4.07. The van der Waals surface area contributed by atoms with E-state index < -0.39 is 20.4 Å². The van der Waals surface area contributed by atoms with Crippen LogP contribution in [0.1, 0.15) is 46.0 Å². The number of hydrogen-bond acceptors (Lipinski definition) is 6. The van der Waals surface area contributed by atoms with Crippen LogP contribution in [0.4, 0.5) is 0 Å². The Kier molecular flexibility index (Phi) is 5.42. The minimum Gasteiger partial charge on any atom is -0.493 e. The highest BCUT2D eigenvalue weighted by molar-refractivity contribution is 7.90. The Labute approximate surface area is 183 Å². The molecule has 9 heteroatoms. The van der Waals surface area contributed by atoms with E-state index in [1.54, 1.807) is 7.11 Å². The van der Waals surface area contributed by atoms with Gasteiger partial charge in [0.2, 0.25) is 16.2 Å². The molecule has 0 spiro atoms. The molecule has 4 bridgehead atoms. The normalized spacial score (nSPS) is 32.4. The predicted octanol–water partition coefficient (Wildman–Crippen LogP) is 2.56. The minimum absolute atomic E-state index is 0.0408. The lowest BCUT2D eigenvalue weighted by Gasteiger charge is -2.59. The maximum Gasteiger partial charge on any atom is 0.214 e. The van der Waals surface area contributed by atoms with Crippen molar-refractivity contribution in [2.24, 2.45) is 27.9 Å². The van der Waals surface area contributed by atoms with Crippen LogP contribution in [0.25, 0.3) is 0 Å². The number of methoxy groups -OCH3 is 1. The van der Waals surface area contributed by atoms with Crippen molar-refractivity contribution in [3.05, 3.63) is 24.3 Å². The van der Waals surface area contributed by atoms with Gasteiger partial charge in [-0.1, -0.05) is 12.1 Å². The third-order valence-corrected chi connectivity index (χ3v) is 9.00. The monoisotopic (exact) mass is 446 g/mol. The van der Waals surface area contributed by atoms with E-state index in [1.807, 2.05) is 44.3 Å². The minimum atomic E-state index is -3.61. The van der Waals surface area contributed by atoms with Crippen LogP contribution in [0.2, 0.25) is 0 Å². The van der Waals surface area contributed by atoms with Crippen LogP contribution in [-0.2, 0) is 10.0 Å². The van der Waals surface area contributed by atoms with Gasteiger partial charge in [0.05, 0.1) is 11.9 Å². The van der Waals surface area contributed by atoms with Crippen molar-refractivity contribution in [1.29, 1.82) is 5.26 Å². The van der Waals surface area contributed by atoms with Crippen molar-refractivity contribution < 1.29 is 17.9 Å². The largest absolute Gasteiger partial charge is 0.493 e. The third-order valence-electron chi connectivity index (χ3n) is 7.29. The van der Waals surface area contributed by atoms with Gasteiger partial charge in [0.25, 0.3) is 0 Å². The summed E-state index contributed by atoms with van der Waals surface area (Å²) < 4.78 is 35.6. The van der Waals surface area contributed by atoms with Crippen molar-refractivity contribution in [2.45, 2.75) is 62.3 Å². The van der Waals surface area contributed by atoms with Gasteiger partial charge in [-0.15, -0.1) is 0 Å². The smallest absolute Gasteiger partial charge is 0.214 e. The molecule has 5 rings (SSSR count). The second kappa shape index (κ2) is 7.68. The van der Waals surface area contributed by atoms with Crippen molar-refractivity contribution in [2.75, 3.05) is 7.11 Å². The number of para-hydroxylation sites is 2. The van der Waals surface area contributed by atoms with E-state index in [0.717, 1.165) is 12.8 Å². The molecule has 4 aliphatic rings. The Bertz CT molecular complexity index is 1010. The first-order valence-corrected chi connectivity index (χ1v) is 12.2. The van der Waals surface area contributed by atoms with Gasteiger partial charge in [0.15, 0.2) is 22.9 Å². The fourth-order valence-corrected chi connectivity index (χ4v) is 7.47. The van der Waals surface area contributed by atoms with Crippen LogP contribution in [-0.4, -0.2) is 37.8 Å². The van der Waals surface area contributed by atoms with Gasteiger partial charge in [-0.3, -0.25) is 0 Å².